The van der Waals surface area contributed by atoms with Gasteiger partial charge in [-0.2, -0.15) is 0 Å². The van der Waals surface area contributed by atoms with Gasteiger partial charge in [0.2, 0.25) is 5.91 Å². The van der Waals surface area contributed by atoms with Gasteiger partial charge in [-0.3, -0.25) is 4.79 Å². The van der Waals surface area contributed by atoms with E-state index in [2.05, 4.69) is 0 Å². The van der Waals surface area contributed by atoms with Crippen LogP contribution in [0.25, 0.3) is 0 Å². The molecule has 0 aromatic heterocycles. The van der Waals surface area contributed by atoms with Crippen LogP contribution in [0.4, 0.5) is 0 Å². The third-order valence-corrected chi connectivity index (χ3v) is 1.83. The molecule has 0 aromatic carbocycles. The van der Waals surface area contributed by atoms with E-state index in [1.165, 1.54) is 0 Å². The summed E-state index contributed by atoms with van der Waals surface area (Å²) in [7, 11) is 4.73. The van der Waals surface area contributed by atoms with E-state index in [9.17, 15) is 4.79 Å². The monoisotopic (exact) mass is 276 g/mol. The number of hydrogen-bond acceptors (Lipinski definition) is 1. The fraction of sp³-hybridized carbons (Fsp3) is 0.444. The Bertz CT molecular complexity index is 204. The van der Waals surface area contributed by atoms with Gasteiger partial charge in [-0.1, -0.05) is 24.3 Å². The van der Waals surface area contributed by atoms with Crippen molar-refractivity contribution >= 4 is 14.4 Å². The minimum absolute atomic E-state index is 0.133. The van der Waals surface area contributed by atoms with E-state index >= 15 is 0 Å². The first kappa shape index (κ1) is 13.1. The maximum atomic E-state index is 11.0. The number of amides is 1. The van der Waals surface area contributed by atoms with E-state index in [0.717, 1.165) is 30.1 Å². The second kappa shape index (κ2) is 7.52. The van der Waals surface area contributed by atoms with Gasteiger partial charge in [0.25, 0.3) is 0 Å². The molecule has 0 atom stereocenters. The molecule has 0 saturated carbocycles. The summed E-state index contributed by atoms with van der Waals surface area (Å²) < 4.78 is 0. The van der Waals surface area contributed by atoms with Crippen molar-refractivity contribution in [3.05, 3.63) is 24.3 Å². The standard InChI is InChI=1S/C9H13NO.ClH.Zr/c1-3-10(8(2)11)9-6-4-5-7-9;;/h4-7,9H,3H2,1-2H3;1H;/q;;+1/p-1. The van der Waals surface area contributed by atoms with Crippen LogP contribution in [0.5, 0.6) is 0 Å². The molecule has 71 valence electrons. The van der Waals surface area contributed by atoms with Gasteiger partial charge in [0.1, 0.15) is 0 Å². The molecule has 2 nitrogen and oxygen atoms in total. The van der Waals surface area contributed by atoms with E-state index < -0.39 is 0 Å². The zero-order chi connectivity index (χ0) is 10.3. The van der Waals surface area contributed by atoms with Gasteiger partial charge < -0.3 is 4.90 Å². The summed E-state index contributed by atoms with van der Waals surface area (Å²) in [5.41, 5.74) is 0. The molecule has 1 amide bonds. The van der Waals surface area contributed by atoms with Crippen LogP contribution in [0.3, 0.4) is 0 Å². The van der Waals surface area contributed by atoms with Gasteiger partial charge in [0.05, 0.1) is 6.04 Å². The zero-order valence-electron chi connectivity index (χ0n) is 7.83. The van der Waals surface area contributed by atoms with Gasteiger partial charge >= 0.3 is 32.0 Å². The Labute approximate surface area is 98.0 Å². The molecule has 1 aliphatic rings. The van der Waals surface area contributed by atoms with Gasteiger partial charge in [-0.25, -0.2) is 0 Å². The molecule has 0 fully saturated rings. The van der Waals surface area contributed by atoms with Crippen LogP contribution in [0.15, 0.2) is 24.3 Å². The minimum atomic E-state index is 0.133. The van der Waals surface area contributed by atoms with Crippen molar-refractivity contribution in [2.75, 3.05) is 6.54 Å². The first-order chi connectivity index (χ1) is 6.25. The van der Waals surface area contributed by atoms with Gasteiger partial charge in [0, 0.05) is 13.5 Å². The first-order valence-corrected chi connectivity index (χ1v) is 7.23. The van der Waals surface area contributed by atoms with Crippen LogP contribution < -0.4 is 0 Å². The summed E-state index contributed by atoms with van der Waals surface area (Å²) in [5.74, 6) is 0.133. The van der Waals surface area contributed by atoms with Crippen LogP contribution in [0.2, 0.25) is 0 Å². The molecule has 13 heavy (non-hydrogen) atoms. The second-order valence-electron chi connectivity index (χ2n) is 2.57. The number of hydrogen-bond donors (Lipinski definition) is 0. The average molecular weight is 278 g/mol. The average Bonchev–Trinajstić information content (AvgIpc) is 2.62. The molecule has 0 spiro atoms. The Hall–Kier alpha value is 0.123. The molecule has 1 aliphatic carbocycles. The summed E-state index contributed by atoms with van der Waals surface area (Å²) in [4.78, 5) is 12.8. The van der Waals surface area contributed by atoms with E-state index in [-0.39, 0.29) is 11.9 Å². The third-order valence-electron chi connectivity index (χ3n) is 1.83. The number of rotatable bonds is 2. The summed E-state index contributed by atoms with van der Waals surface area (Å²) in [6.45, 7) is 4.36. The fourth-order valence-electron chi connectivity index (χ4n) is 1.27. The fourth-order valence-corrected chi connectivity index (χ4v) is 1.27. The molecule has 0 aliphatic heterocycles. The van der Waals surface area contributed by atoms with Crippen LogP contribution in [0, 0.1) is 0 Å². The predicted molar refractivity (Wildman–Crippen MR) is 51.0 cm³/mol. The van der Waals surface area contributed by atoms with Crippen molar-refractivity contribution in [3.8, 4) is 0 Å². The van der Waals surface area contributed by atoms with Crippen molar-refractivity contribution < 1.29 is 28.3 Å². The Balaban J connectivity index is 0.000000671. The molecule has 0 radical (unpaired) electrons. The van der Waals surface area contributed by atoms with Crippen LogP contribution in [-0.4, -0.2) is 23.4 Å². The summed E-state index contributed by atoms with van der Waals surface area (Å²) in [6, 6.07) is 0.192. The van der Waals surface area contributed by atoms with E-state index in [1.54, 1.807) is 6.92 Å². The molecule has 0 N–H and O–H groups in total. The van der Waals surface area contributed by atoms with E-state index in [4.69, 9.17) is 8.51 Å². The molecule has 0 unspecified atom stereocenters. The van der Waals surface area contributed by atoms with Crippen LogP contribution in [-0.2, 0) is 28.3 Å². The van der Waals surface area contributed by atoms with Gasteiger partial charge in [-0.15, -0.1) is 0 Å². The second-order valence-corrected chi connectivity index (χ2v) is 2.57. The van der Waals surface area contributed by atoms with E-state index in [1.807, 2.05) is 36.1 Å². The first-order valence-electron chi connectivity index (χ1n) is 4.06. The van der Waals surface area contributed by atoms with Gasteiger partial charge in [0.15, 0.2) is 0 Å². The molecular formula is C9H13ClNOZr. The van der Waals surface area contributed by atoms with Crippen molar-refractivity contribution in [1.82, 2.24) is 4.90 Å². The van der Waals surface area contributed by atoms with Crippen LogP contribution >= 0.6 is 8.51 Å². The molecule has 0 aromatic rings. The number of carbonyl (C=O) groups is 1. The SMILES string of the molecule is CCN(C(C)=O)C1C=CC=C1.[Cl][Zr]. The topological polar surface area (TPSA) is 20.3 Å². The number of nitrogens with zero attached hydrogens (tertiary/aromatic N) is 1. The predicted octanol–water partition coefficient (Wildman–Crippen LogP) is 2.04. The maximum absolute atomic E-state index is 11.0. The Morgan fingerprint density at radius 3 is 2.23 bits per heavy atom. The third kappa shape index (κ3) is 4.24. The Morgan fingerprint density at radius 2 is 1.92 bits per heavy atom. The molecule has 0 heterocycles. The summed E-state index contributed by atoms with van der Waals surface area (Å²) in [6.07, 6.45) is 7.97. The van der Waals surface area contributed by atoms with Crippen LogP contribution in [0.1, 0.15) is 13.8 Å². The zero-order valence-corrected chi connectivity index (χ0v) is 11.0. The summed E-state index contributed by atoms with van der Waals surface area (Å²) >= 11 is 1.02. The molecule has 4 heteroatoms. The molecule has 0 saturated heterocycles. The molecular weight excluding hydrogens is 265 g/mol. The number of halogens is 1. The summed E-state index contributed by atoms with van der Waals surface area (Å²) in [5, 5.41) is 0. The number of allylic oxidation sites excluding steroid dienone is 2. The number of likely N-dealkylation sites (N-methyl/N-ethyl adjacent to an activating group) is 1. The quantitative estimate of drug-likeness (QED) is 0.756. The molecule has 0 bridgehead atoms. The van der Waals surface area contributed by atoms with Crippen molar-refractivity contribution in [2.45, 2.75) is 19.9 Å². The van der Waals surface area contributed by atoms with Crippen molar-refractivity contribution in [2.24, 2.45) is 0 Å². The number of carbonyl (C=O) groups excluding carboxylic acids is 1. The van der Waals surface area contributed by atoms with Crippen molar-refractivity contribution in [1.29, 1.82) is 0 Å². The van der Waals surface area contributed by atoms with Crippen molar-refractivity contribution in [3.63, 3.8) is 0 Å². The van der Waals surface area contributed by atoms with Gasteiger partial charge in [-0.05, 0) is 6.92 Å². The Kier molecular flexibility index (Phi) is 7.59. The van der Waals surface area contributed by atoms with E-state index in [0.29, 0.717) is 0 Å². The Morgan fingerprint density at radius 1 is 1.46 bits per heavy atom. The normalized spacial score (nSPS) is 13.7. The molecule has 1 rings (SSSR count).